The molecule has 1 aromatic heterocycles. The van der Waals surface area contributed by atoms with Crippen LogP contribution in [-0.4, -0.2) is 26.8 Å². The van der Waals surface area contributed by atoms with Crippen molar-refractivity contribution in [3.05, 3.63) is 17.0 Å². The average molecular weight is 225 g/mol. The number of nitrogens with two attached hydrogens (primary N) is 1. The maximum absolute atomic E-state index is 10.7. The molecule has 0 aromatic carbocycles. The molecule has 0 saturated carbocycles. The first-order valence-corrected chi connectivity index (χ1v) is 5.76. The Balaban J connectivity index is 2.43. The second-order valence-corrected chi connectivity index (χ2v) is 4.43. The van der Waals surface area contributed by atoms with Gasteiger partial charge in [0.2, 0.25) is 5.95 Å². The topological polar surface area (TPSA) is 89.1 Å². The van der Waals surface area contributed by atoms with Gasteiger partial charge in [0.25, 0.3) is 0 Å². The predicted molar refractivity (Wildman–Crippen MR) is 57.7 cm³/mol. The number of fused-ring (bicyclic) bond motifs is 1. The van der Waals surface area contributed by atoms with E-state index in [-0.39, 0.29) is 12.4 Å². The van der Waals surface area contributed by atoms with Crippen molar-refractivity contribution in [2.24, 2.45) is 0 Å². The average Bonchev–Trinajstić information content (AvgIpc) is 2.16. The van der Waals surface area contributed by atoms with Gasteiger partial charge in [0, 0.05) is 11.3 Å². The third-order valence-electron chi connectivity index (χ3n) is 2.24. The molecule has 0 saturated heterocycles. The van der Waals surface area contributed by atoms with E-state index in [1.165, 1.54) is 0 Å². The maximum Gasteiger partial charge on any atom is 0.309 e. The van der Waals surface area contributed by atoms with E-state index in [1.807, 2.05) is 0 Å². The molecule has 0 fully saturated rings. The Morgan fingerprint density at radius 2 is 2.33 bits per heavy atom. The molecule has 2 heterocycles. The van der Waals surface area contributed by atoms with Gasteiger partial charge in [-0.25, -0.2) is 9.97 Å². The molecule has 0 spiro atoms. The van der Waals surface area contributed by atoms with Gasteiger partial charge in [-0.15, -0.1) is 0 Å². The highest BCUT2D eigenvalue weighted by Crippen LogP contribution is 2.26. The summed E-state index contributed by atoms with van der Waals surface area (Å²) in [6.07, 6.45) is 0.773. The molecule has 0 aliphatic carbocycles. The van der Waals surface area contributed by atoms with Crippen LogP contribution in [0.1, 0.15) is 17.0 Å². The first kappa shape index (κ1) is 10.2. The molecular weight excluding hydrogens is 214 g/mol. The summed E-state index contributed by atoms with van der Waals surface area (Å²) in [4.78, 5) is 18.8. The van der Waals surface area contributed by atoms with E-state index in [1.54, 1.807) is 11.8 Å². The number of anilines is 1. The molecule has 0 bridgehead atoms. The van der Waals surface area contributed by atoms with E-state index in [9.17, 15) is 4.79 Å². The zero-order valence-corrected chi connectivity index (χ0v) is 8.88. The summed E-state index contributed by atoms with van der Waals surface area (Å²) in [5.74, 6) is 1.09. The Bertz CT molecular complexity index is 409. The predicted octanol–water partition coefficient (Wildman–Crippen LogP) is 0.475. The summed E-state index contributed by atoms with van der Waals surface area (Å²) < 4.78 is 0. The number of nitrogen functional groups attached to an aromatic ring is 1. The summed E-state index contributed by atoms with van der Waals surface area (Å²) in [7, 11) is 0. The number of carboxylic acid groups (broad SMARTS) is 1. The molecule has 0 atom stereocenters. The summed E-state index contributed by atoms with van der Waals surface area (Å²) in [6, 6.07) is 0. The molecular formula is C9H11N3O2S. The third kappa shape index (κ3) is 2.20. The molecule has 0 amide bonds. The highest BCUT2D eigenvalue weighted by atomic mass is 32.2. The molecule has 6 heteroatoms. The minimum atomic E-state index is -0.883. The van der Waals surface area contributed by atoms with Crippen molar-refractivity contribution < 1.29 is 9.90 Å². The zero-order chi connectivity index (χ0) is 10.8. The van der Waals surface area contributed by atoms with E-state index < -0.39 is 5.97 Å². The number of rotatable bonds is 2. The minimum Gasteiger partial charge on any atom is -0.481 e. The SMILES string of the molecule is Nc1nc2c(c(CC(=O)O)n1)CSCC2. The summed E-state index contributed by atoms with van der Waals surface area (Å²) in [6.45, 7) is 0. The number of hydrogen-bond donors (Lipinski definition) is 2. The lowest BCUT2D eigenvalue weighted by Crippen LogP contribution is -2.15. The van der Waals surface area contributed by atoms with E-state index in [4.69, 9.17) is 10.8 Å². The van der Waals surface area contributed by atoms with Crippen molar-refractivity contribution in [1.29, 1.82) is 0 Å². The normalized spacial score (nSPS) is 14.7. The quantitative estimate of drug-likeness (QED) is 0.760. The summed E-state index contributed by atoms with van der Waals surface area (Å²) in [5, 5.41) is 8.75. The minimum absolute atomic E-state index is 0.0738. The lowest BCUT2D eigenvalue weighted by molar-refractivity contribution is -0.136. The molecule has 2 rings (SSSR count). The van der Waals surface area contributed by atoms with Crippen LogP contribution in [0.5, 0.6) is 0 Å². The Kier molecular flexibility index (Phi) is 2.77. The zero-order valence-electron chi connectivity index (χ0n) is 8.06. The van der Waals surface area contributed by atoms with Crippen molar-refractivity contribution in [3.8, 4) is 0 Å². The fraction of sp³-hybridized carbons (Fsp3) is 0.444. The van der Waals surface area contributed by atoms with Crippen LogP contribution in [0.2, 0.25) is 0 Å². The number of aryl methyl sites for hydroxylation is 1. The van der Waals surface area contributed by atoms with Gasteiger partial charge < -0.3 is 10.8 Å². The first-order valence-electron chi connectivity index (χ1n) is 4.60. The van der Waals surface area contributed by atoms with Crippen molar-refractivity contribution in [1.82, 2.24) is 9.97 Å². The van der Waals surface area contributed by atoms with Gasteiger partial charge in [0.15, 0.2) is 0 Å². The van der Waals surface area contributed by atoms with Gasteiger partial charge in [0.1, 0.15) is 0 Å². The van der Waals surface area contributed by atoms with E-state index in [2.05, 4.69) is 9.97 Å². The van der Waals surface area contributed by atoms with Crippen molar-refractivity contribution in [2.45, 2.75) is 18.6 Å². The standard InChI is InChI=1S/C9H11N3O2S/c10-9-11-6-1-2-15-4-5(6)7(12-9)3-8(13)14/h1-4H2,(H,13,14)(H2,10,11,12). The second-order valence-electron chi connectivity index (χ2n) is 3.33. The Morgan fingerprint density at radius 3 is 3.07 bits per heavy atom. The van der Waals surface area contributed by atoms with E-state index in [0.717, 1.165) is 29.2 Å². The Labute approximate surface area is 91.1 Å². The van der Waals surface area contributed by atoms with Gasteiger partial charge in [0.05, 0.1) is 17.8 Å². The van der Waals surface area contributed by atoms with Gasteiger partial charge in [-0.3, -0.25) is 4.79 Å². The van der Waals surface area contributed by atoms with Crippen molar-refractivity contribution in [3.63, 3.8) is 0 Å². The fourth-order valence-electron chi connectivity index (χ4n) is 1.61. The third-order valence-corrected chi connectivity index (χ3v) is 3.23. The molecule has 1 aliphatic heterocycles. The van der Waals surface area contributed by atoms with Crippen LogP contribution in [-0.2, 0) is 23.4 Å². The fourth-order valence-corrected chi connectivity index (χ4v) is 2.63. The van der Waals surface area contributed by atoms with Crippen LogP contribution in [0, 0.1) is 0 Å². The van der Waals surface area contributed by atoms with Crippen LogP contribution in [0.4, 0.5) is 5.95 Å². The molecule has 15 heavy (non-hydrogen) atoms. The molecule has 0 radical (unpaired) electrons. The van der Waals surface area contributed by atoms with Crippen LogP contribution in [0.3, 0.4) is 0 Å². The highest BCUT2D eigenvalue weighted by Gasteiger charge is 2.18. The molecule has 3 N–H and O–H groups in total. The monoisotopic (exact) mass is 225 g/mol. The van der Waals surface area contributed by atoms with Crippen LogP contribution >= 0.6 is 11.8 Å². The molecule has 5 nitrogen and oxygen atoms in total. The maximum atomic E-state index is 10.7. The number of thioether (sulfide) groups is 1. The number of hydrogen-bond acceptors (Lipinski definition) is 5. The Hall–Kier alpha value is -1.30. The lowest BCUT2D eigenvalue weighted by atomic mass is 10.1. The van der Waals surface area contributed by atoms with Gasteiger partial charge in [-0.05, 0) is 12.2 Å². The molecule has 1 aliphatic rings. The molecule has 0 unspecified atom stereocenters. The Morgan fingerprint density at radius 1 is 1.53 bits per heavy atom. The highest BCUT2D eigenvalue weighted by molar-refractivity contribution is 7.98. The van der Waals surface area contributed by atoms with Crippen LogP contribution in [0.15, 0.2) is 0 Å². The number of nitrogens with zero attached hydrogens (tertiary/aromatic N) is 2. The van der Waals surface area contributed by atoms with E-state index >= 15 is 0 Å². The largest absolute Gasteiger partial charge is 0.481 e. The number of carbonyl (C=O) groups is 1. The van der Waals surface area contributed by atoms with Gasteiger partial charge >= 0.3 is 5.97 Å². The summed E-state index contributed by atoms with van der Waals surface area (Å²) >= 11 is 1.77. The summed E-state index contributed by atoms with van der Waals surface area (Å²) in [5.41, 5.74) is 7.98. The lowest BCUT2D eigenvalue weighted by Gasteiger charge is -2.17. The van der Waals surface area contributed by atoms with Gasteiger partial charge in [-0.2, -0.15) is 11.8 Å². The second kappa shape index (κ2) is 4.06. The van der Waals surface area contributed by atoms with Crippen molar-refractivity contribution in [2.75, 3.05) is 11.5 Å². The number of aliphatic carboxylic acids is 1. The molecule has 80 valence electrons. The number of carboxylic acids is 1. The van der Waals surface area contributed by atoms with Crippen LogP contribution in [0.25, 0.3) is 0 Å². The molecule has 1 aromatic rings. The van der Waals surface area contributed by atoms with Gasteiger partial charge in [-0.1, -0.05) is 0 Å². The van der Waals surface area contributed by atoms with Crippen LogP contribution < -0.4 is 5.73 Å². The smallest absolute Gasteiger partial charge is 0.309 e. The number of aromatic nitrogens is 2. The van der Waals surface area contributed by atoms with E-state index in [0.29, 0.717) is 5.69 Å². The first-order chi connectivity index (χ1) is 7.16. The van der Waals surface area contributed by atoms with Crippen molar-refractivity contribution >= 4 is 23.7 Å².